The second-order valence-electron chi connectivity index (χ2n) is 4.87. The highest BCUT2D eigenvalue weighted by Crippen LogP contribution is 2.26. The minimum Gasteiger partial charge on any atom is -0.508 e. The predicted octanol–water partition coefficient (Wildman–Crippen LogP) is 4.27. The van der Waals surface area contributed by atoms with Gasteiger partial charge in [0.25, 0.3) is 0 Å². The van der Waals surface area contributed by atoms with E-state index in [0.29, 0.717) is 12.4 Å². The van der Waals surface area contributed by atoms with Crippen LogP contribution in [0.5, 0.6) is 11.5 Å². The molecule has 0 saturated heterocycles. The van der Waals surface area contributed by atoms with Crippen LogP contribution >= 0.6 is 0 Å². The molecule has 2 aromatic carbocycles. The number of benzene rings is 2. The molecule has 2 N–H and O–H groups in total. The van der Waals surface area contributed by atoms with E-state index in [1.165, 1.54) is 0 Å². The second-order valence-corrected chi connectivity index (χ2v) is 4.87. The van der Waals surface area contributed by atoms with Gasteiger partial charge in [0.1, 0.15) is 11.5 Å². The first-order valence-corrected chi connectivity index (χ1v) is 6.89. The van der Waals surface area contributed by atoms with Crippen molar-refractivity contribution >= 4 is 5.69 Å². The number of aromatic hydroxyl groups is 1. The van der Waals surface area contributed by atoms with Crippen molar-refractivity contribution in [2.75, 3.05) is 11.9 Å². The van der Waals surface area contributed by atoms with E-state index in [-0.39, 0.29) is 6.04 Å². The second kappa shape index (κ2) is 6.33. The smallest absolute Gasteiger partial charge is 0.119 e. The highest BCUT2D eigenvalue weighted by molar-refractivity contribution is 5.55. The van der Waals surface area contributed by atoms with Crippen molar-refractivity contribution in [1.82, 2.24) is 0 Å². The van der Waals surface area contributed by atoms with E-state index in [0.717, 1.165) is 22.6 Å². The zero-order valence-corrected chi connectivity index (χ0v) is 12.2. The Labute approximate surface area is 120 Å². The van der Waals surface area contributed by atoms with E-state index in [2.05, 4.69) is 19.2 Å². The van der Waals surface area contributed by atoms with Gasteiger partial charge in [-0.15, -0.1) is 0 Å². The third kappa shape index (κ3) is 3.44. The molecule has 0 bridgehead atoms. The summed E-state index contributed by atoms with van der Waals surface area (Å²) in [6, 6.07) is 13.5. The molecule has 2 aromatic rings. The van der Waals surface area contributed by atoms with Crippen molar-refractivity contribution in [2.24, 2.45) is 0 Å². The fraction of sp³-hybridized carbons (Fsp3) is 0.294. The van der Waals surface area contributed by atoms with Gasteiger partial charge in [0.15, 0.2) is 0 Å². The Morgan fingerprint density at radius 3 is 2.65 bits per heavy atom. The lowest BCUT2D eigenvalue weighted by Crippen LogP contribution is -2.07. The maximum atomic E-state index is 9.53. The first-order valence-electron chi connectivity index (χ1n) is 6.89. The molecule has 3 nitrogen and oxygen atoms in total. The van der Waals surface area contributed by atoms with Crippen LogP contribution in [0.4, 0.5) is 5.69 Å². The summed E-state index contributed by atoms with van der Waals surface area (Å²) >= 11 is 0. The molecule has 0 spiro atoms. The summed E-state index contributed by atoms with van der Waals surface area (Å²) in [6.45, 7) is 6.78. The molecule has 0 aliphatic carbocycles. The Hall–Kier alpha value is -2.16. The SMILES string of the molecule is CCOc1ccc(NC(C)c2cccc(O)c2)c(C)c1. The van der Waals surface area contributed by atoms with E-state index >= 15 is 0 Å². The molecule has 106 valence electrons. The molecule has 0 amide bonds. The van der Waals surface area contributed by atoms with Gasteiger partial charge in [-0.05, 0) is 62.2 Å². The maximum absolute atomic E-state index is 9.53. The Morgan fingerprint density at radius 1 is 1.20 bits per heavy atom. The van der Waals surface area contributed by atoms with Crippen LogP contribution in [0.1, 0.15) is 31.0 Å². The number of rotatable bonds is 5. The summed E-state index contributed by atoms with van der Waals surface area (Å²) in [5.74, 6) is 1.18. The molecule has 0 heterocycles. The number of nitrogens with one attached hydrogen (secondary N) is 1. The molecular weight excluding hydrogens is 250 g/mol. The first kappa shape index (κ1) is 14.3. The number of hydrogen-bond donors (Lipinski definition) is 2. The van der Waals surface area contributed by atoms with Crippen LogP contribution in [0, 0.1) is 6.92 Å². The number of phenolic OH excluding ortho intramolecular Hbond substituents is 1. The van der Waals surface area contributed by atoms with Gasteiger partial charge in [-0.25, -0.2) is 0 Å². The van der Waals surface area contributed by atoms with Gasteiger partial charge >= 0.3 is 0 Å². The van der Waals surface area contributed by atoms with E-state index in [1.54, 1.807) is 12.1 Å². The molecule has 20 heavy (non-hydrogen) atoms. The first-order chi connectivity index (χ1) is 9.60. The van der Waals surface area contributed by atoms with Gasteiger partial charge in [0.2, 0.25) is 0 Å². The zero-order chi connectivity index (χ0) is 14.5. The van der Waals surface area contributed by atoms with Crippen molar-refractivity contribution in [2.45, 2.75) is 26.8 Å². The van der Waals surface area contributed by atoms with Crippen LogP contribution in [-0.4, -0.2) is 11.7 Å². The summed E-state index contributed by atoms with van der Waals surface area (Å²) in [4.78, 5) is 0. The number of ether oxygens (including phenoxy) is 1. The fourth-order valence-electron chi connectivity index (χ4n) is 2.17. The summed E-state index contributed by atoms with van der Waals surface area (Å²) in [6.07, 6.45) is 0. The van der Waals surface area contributed by atoms with Crippen molar-refractivity contribution in [3.63, 3.8) is 0 Å². The molecule has 1 atom stereocenters. The molecule has 0 aliphatic rings. The van der Waals surface area contributed by atoms with Crippen LogP contribution in [0.3, 0.4) is 0 Å². The topological polar surface area (TPSA) is 41.5 Å². The molecule has 0 aliphatic heterocycles. The van der Waals surface area contributed by atoms with Crippen molar-refractivity contribution < 1.29 is 9.84 Å². The molecular formula is C17H21NO2. The number of phenols is 1. The monoisotopic (exact) mass is 271 g/mol. The third-order valence-electron chi connectivity index (χ3n) is 3.25. The van der Waals surface area contributed by atoms with Crippen molar-refractivity contribution in [1.29, 1.82) is 0 Å². The largest absolute Gasteiger partial charge is 0.508 e. The van der Waals surface area contributed by atoms with Crippen LogP contribution in [0.25, 0.3) is 0 Å². The molecule has 3 heteroatoms. The average molecular weight is 271 g/mol. The Bertz CT molecular complexity index is 581. The lowest BCUT2D eigenvalue weighted by molar-refractivity contribution is 0.340. The summed E-state index contributed by atoms with van der Waals surface area (Å²) in [5.41, 5.74) is 3.27. The van der Waals surface area contributed by atoms with E-state index < -0.39 is 0 Å². The molecule has 2 rings (SSSR count). The zero-order valence-electron chi connectivity index (χ0n) is 12.2. The van der Waals surface area contributed by atoms with Gasteiger partial charge in [-0.3, -0.25) is 0 Å². The van der Waals surface area contributed by atoms with Gasteiger partial charge in [-0.2, -0.15) is 0 Å². The van der Waals surface area contributed by atoms with E-state index in [1.807, 2.05) is 37.3 Å². The summed E-state index contributed by atoms with van der Waals surface area (Å²) < 4.78 is 5.49. The highest BCUT2D eigenvalue weighted by Gasteiger charge is 2.08. The quantitative estimate of drug-likeness (QED) is 0.853. The fourth-order valence-corrected chi connectivity index (χ4v) is 2.17. The van der Waals surface area contributed by atoms with Gasteiger partial charge in [-0.1, -0.05) is 12.1 Å². The van der Waals surface area contributed by atoms with Crippen molar-refractivity contribution in [3.8, 4) is 11.5 Å². The Balaban J connectivity index is 2.13. The average Bonchev–Trinajstić information content (AvgIpc) is 2.42. The lowest BCUT2D eigenvalue weighted by atomic mass is 10.1. The molecule has 0 radical (unpaired) electrons. The summed E-state index contributed by atoms with van der Waals surface area (Å²) in [5, 5.41) is 13.0. The molecule has 0 fully saturated rings. The highest BCUT2D eigenvalue weighted by atomic mass is 16.5. The van der Waals surface area contributed by atoms with E-state index in [4.69, 9.17) is 4.74 Å². The third-order valence-corrected chi connectivity index (χ3v) is 3.25. The normalized spacial score (nSPS) is 11.9. The number of aryl methyl sites for hydroxylation is 1. The number of hydrogen-bond acceptors (Lipinski definition) is 3. The van der Waals surface area contributed by atoms with Crippen LogP contribution < -0.4 is 10.1 Å². The molecule has 1 unspecified atom stereocenters. The van der Waals surface area contributed by atoms with Gasteiger partial charge in [0, 0.05) is 11.7 Å². The Morgan fingerprint density at radius 2 is 2.00 bits per heavy atom. The van der Waals surface area contributed by atoms with Crippen LogP contribution in [0.2, 0.25) is 0 Å². The lowest BCUT2D eigenvalue weighted by Gasteiger charge is -2.18. The molecule has 0 saturated carbocycles. The standard InChI is InChI=1S/C17H21NO2/c1-4-20-16-8-9-17(12(2)10-16)18-13(3)14-6-5-7-15(19)11-14/h5-11,13,18-19H,4H2,1-3H3. The van der Waals surface area contributed by atoms with Crippen LogP contribution in [-0.2, 0) is 0 Å². The minimum atomic E-state index is 0.124. The molecule has 0 aromatic heterocycles. The summed E-state index contributed by atoms with van der Waals surface area (Å²) in [7, 11) is 0. The maximum Gasteiger partial charge on any atom is 0.119 e. The van der Waals surface area contributed by atoms with Gasteiger partial charge in [0.05, 0.1) is 6.61 Å². The van der Waals surface area contributed by atoms with Gasteiger partial charge < -0.3 is 15.2 Å². The Kier molecular flexibility index (Phi) is 4.51. The minimum absolute atomic E-state index is 0.124. The predicted molar refractivity (Wildman–Crippen MR) is 82.5 cm³/mol. The van der Waals surface area contributed by atoms with Crippen LogP contribution in [0.15, 0.2) is 42.5 Å². The van der Waals surface area contributed by atoms with E-state index in [9.17, 15) is 5.11 Å². The number of anilines is 1. The van der Waals surface area contributed by atoms with Crippen molar-refractivity contribution in [3.05, 3.63) is 53.6 Å².